The molecule has 0 radical (unpaired) electrons. The number of carbonyl (C=O) groups excluding carboxylic acids is 2. The summed E-state index contributed by atoms with van der Waals surface area (Å²) in [5.74, 6) is 0.418. The van der Waals surface area contributed by atoms with Crippen molar-refractivity contribution in [2.45, 2.75) is 52.7 Å². The molecule has 3 heterocycles. The quantitative estimate of drug-likeness (QED) is 0.848. The minimum atomic E-state index is 0.0121. The van der Waals surface area contributed by atoms with E-state index >= 15 is 0 Å². The van der Waals surface area contributed by atoms with E-state index in [1.54, 1.807) is 0 Å². The highest BCUT2D eigenvalue weighted by atomic mass is 16.2. The van der Waals surface area contributed by atoms with Crippen molar-refractivity contribution in [3.8, 4) is 0 Å². The van der Waals surface area contributed by atoms with Crippen molar-refractivity contribution < 1.29 is 9.59 Å². The largest absolute Gasteiger partial charge is 0.337 e. The van der Waals surface area contributed by atoms with Gasteiger partial charge in [0.2, 0.25) is 11.8 Å². The molecular formula is C16H24N4O2. The van der Waals surface area contributed by atoms with Gasteiger partial charge >= 0.3 is 0 Å². The first-order valence-electron chi connectivity index (χ1n) is 8.15. The Hall–Kier alpha value is -1.85. The zero-order chi connectivity index (χ0) is 15.7. The second-order valence-electron chi connectivity index (χ2n) is 6.52. The number of fused-ring (bicyclic) bond motifs is 1. The van der Waals surface area contributed by atoms with Gasteiger partial charge in [0.1, 0.15) is 0 Å². The highest BCUT2D eigenvalue weighted by molar-refractivity contribution is 5.78. The molecular weight excluding hydrogens is 280 g/mol. The Bertz CT molecular complexity index is 579. The lowest BCUT2D eigenvalue weighted by atomic mass is 10.1. The van der Waals surface area contributed by atoms with Crippen molar-refractivity contribution in [1.29, 1.82) is 0 Å². The van der Waals surface area contributed by atoms with Gasteiger partial charge in [0.15, 0.2) is 0 Å². The van der Waals surface area contributed by atoms with Crippen LogP contribution >= 0.6 is 0 Å². The average molecular weight is 304 g/mol. The fraction of sp³-hybridized carbons (Fsp3) is 0.688. The Labute approximate surface area is 131 Å². The van der Waals surface area contributed by atoms with Crippen LogP contribution in [0.15, 0.2) is 6.33 Å². The fourth-order valence-electron chi connectivity index (χ4n) is 3.25. The Kier molecular flexibility index (Phi) is 4.18. The third-order valence-corrected chi connectivity index (χ3v) is 4.52. The molecule has 0 aromatic carbocycles. The fourth-order valence-corrected chi connectivity index (χ4v) is 3.25. The molecule has 22 heavy (non-hydrogen) atoms. The standard InChI is InChI=1S/C16H24N4O2/c1-12(2)16(22)19-7-4-8-20-11-17-13(14(20)10-19)9-18-6-3-5-15(18)21/h11-12H,3-10H2,1-2H3. The number of carbonyl (C=O) groups is 2. The van der Waals surface area contributed by atoms with Crippen LogP contribution in [0.3, 0.4) is 0 Å². The van der Waals surface area contributed by atoms with Crippen LogP contribution in [-0.2, 0) is 29.2 Å². The summed E-state index contributed by atoms with van der Waals surface area (Å²) in [6.45, 7) is 7.56. The summed E-state index contributed by atoms with van der Waals surface area (Å²) in [5, 5.41) is 0. The van der Waals surface area contributed by atoms with E-state index in [-0.39, 0.29) is 17.7 Å². The van der Waals surface area contributed by atoms with Gasteiger partial charge in [0.25, 0.3) is 0 Å². The molecule has 0 aliphatic carbocycles. The number of hydrogen-bond donors (Lipinski definition) is 0. The van der Waals surface area contributed by atoms with E-state index in [9.17, 15) is 9.59 Å². The van der Waals surface area contributed by atoms with Gasteiger partial charge in [-0.3, -0.25) is 9.59 Å². The summed E-state index contributed by atoms with van der Waals surface area (Å²) in [5.41, 5.74) is 2.03. The van der Waals surface area contributed by atoms with Crippen LogP contribution in [0, 0.1) is 5.92 Å². The summed E-state index contributed by atoms with van der Waals surface area (Å²) in [6, 6.07) is 0. The molecule has 1 aromatic heterocycles. The van der Waals surface area contributed by atoms with E-state index in [0.717, 1.165) is 43.9 Å². The summed E-state index contributed by atoms with van der Waals surface area (Å²) in [6.07, 6.45) is 4.39. The van der Waals surface area contributed by atoms with Crippen LogP contribution in [0.4, 0.5) is 0 Å². The number of likely N-dealkylation sites (tertiary alicyclic amines) is 1. The Morgan fingerprint density at radius 3 is 2.77 bits per heavy atom. The number of nitrogens with zero attached hydrogens (tertiary/aromatic N) is 4. The summed E-state index contributed by atoms with van der Waals surface area (Å²) in [7, 11) is 0. The van der Waals surface area contributed by atoms with Gasteiger partial charge in [-0.05, 0) is 12.8 Å². The summed E-state index contributed by atoms with van der Waals surface area (Å²) < 4.78 is 2.14. The summed E-state index contributed by atoms with van der Waals surface area (Å²) >= 11 is 0. The maximum atomic E-state index is 12.3. The van der Waals surface area contributed by atoms with Crippen molar-refractivity contribution in [2.24, 2.45) is 5.92 Å². The third-order valence-electron chi connectivity index (χ3n) is 4.52. The number of rotatable bonds is 3. The van der Waals surface area contributed by atoms with Crippen molar-refractivity contribution in [3.63, 3.8) is 0 Å². The molecule has 1 aromatic rings. The SMILES string of the molecule is CC(C)C(=O)N1CCCn2cnc(CN3CCCC3=O)c2C1. The van der Waals surface area contributed by atoms with Gasteiger partial charge in [-0.25, -0.2) is 4.98 Å². The predicted octanol–water partition coefficient (Wildman–Crippen LogP) is 1.39. The van der Waals surface area contributed by atoms with Crippen LogP contribution in [0.25, 0.3) is 0 Å². The molecule has 2 aliphatic heterocycles. The second-order valence-corrected chi connectivity index (χ2v) is 6.52. The Morgan fingerprint density at radius 1 is 1.27 bits per heavy atom. The Balaban J connectivity index is 1.80. The van der Waals surface area contributed by atoms with Gasteiger partial charge < -0.3 is 14.4 Å². The first-order valence-corrected chi connectivity index (χ1v) is 8.15. The van der Waals surface area contributed by atoms with Crippen LogP contribution in [0.1, 0.15) is 44.5 Å². The minimum Gasteiger partial charge on any atom is -0.337 e. The number of aryl methyl sites for hydroxylation is 1. The van der Waals surface area contributed by atoms with Crippen molar-refractivity contribution in [1.82, 2.24) is 19.4 Å². The van der Waals surface area contributed by atoms with Gasteiger partial charge in [-0.15, -0.1) is 0 Å². The molecule has 0 N–H and O–H groups in total. The highest BCUT2D eigenvalue weighted by Gasteiger charge is 2.26. The van der Waals surface area contributed by atoms with Crippen LogP contribution in [0.2, 0.25) is 0 Å². The number of aromatic nitrogens is 2. The molecule has 1 saturated heterocycles. The smallest absolute Gasteiger partial charge is 0.225 e. The molecule has 2 amide bonds. The summed E-state index contributed by atoms with van der Waals surface area (Å²) in [4.78, 5) is 32.5. The first-order chi connectivity index (χ1) is 10.6. The molecule has 2 aliphatic rings. The van der Waals surface area contributed by atoms with E-state index in [2.05, 4.69) is 9.55 Å². The monoisotopic (exact) mass is 304 g/mol. The lowest BCUT2D eigenvalue weighted by Crippen LogP contribution is -2.34. The van der Waals surface area contributed by atoms with Gasteiger partial charge in [-0.1, -0.05) is 13.8 Å². The lowest BCUT2D eigenvalue weighted by Gasteiger charge is -2.23. The van der Waals surface area contributed by atoms with Gasteiger partial charge in [-0.2, -0.15) is 0 Å². The predicted molar refractivity (Wildman–Crippen MR) is 81.8 cm³/mol. The maximum Gasteiger partial charge on any atom is 0.225 e. The molecule has 0 unspecified atom stereocenters. The topological polar surface area (TPSA) is 58.4 Å². The van der Waals surface area contributed by atoms with Gasteiger partial charge in [0, 0.05) is 32.0 Å². The van der Waals surface area contributed by atoms with Crippen LogP contribution in [0.5, 0.6) is 0 Å². The second kappa shape index (κ2) is 6.10. The molecule has 6 heteroatoms. The third kappa shape index (κ3) is 2.87. The van der Waals surface area contributed by atoms with Crippen molar-refractivity contribution in [2.75, 3.05) is 13.1 Å². The van der Waals surface area contributed by atoms with Crippen LogP contribution < -0.4 is 0 Å². The van der Waals surface area contributed by atoms with Crippen LogP contribution in [-0.4, -0.2) is 44.3 Å². The zero-order valence-corrected chi connectivity index (χ0v) is 13.4. The highest BCUT2D eigenvalue weighted by Crippen LogP contribution is 2.21. The van der Waals surface area contributed by atoms with E-state index in [1.807, 2.05) is 30.0 Å². The lowest BCUT2D eigenvalue weighted by molar-refractivity contribution is -0.135. The Morgan fingerprint density at radius 2 is 2.09 bits per heavy atom. The molecule has 1 fully saturated rings. The normalized spacial score (nSPS) is 18.8. The van der Waals surface area contributed by atoms with Gasteiger partial charge in [0.05, 0.1) is 30.8 Å². The first kappa shape index (κ1) is 15.1. The van der Waals surface area contributed by atoms with Crippen molar-refractivity contribution >= 4 is 11.8 Å². The molecule has 3 rings (SSSR count). The average Bonchev–Trinajstić information content (AvgIpc) is 2.98. The molecule has 0 saturated carbocycles. The zero-order valence-electron chi connectivity index (χ0n) is 13.4. The molecule has 6 nitrogen and oxygen atoms in total. The maximum absolute atomic E-state index is 12.3. The number of imidazole rings is 1. The van der Waals surface area contributed by atoms with E-state index in [4.69, 9.17) is 0 Å². The molecule has 0 spiro atoms. The minimum absolute atomic E-state index is 0.0121. The molecule has 0 bridgehead atoms. The number of hydrogen-bond acceptors (Lipinski definition) is 3. The van der Waals surface area contributed by atoms with E-state index < -0.39 is 0 Å². The number of amides is 2. The van der Waals surface area contributed by atoms with E-state index in [0.29, 0.717) is 19.5 Å². The molecule has 0 atom stereocenters. The van der Waals surface area contributed by atoms with E-state index in [1.165, 1.54) is 0 Å². The van der Waals surface area contributed by atoms with Crippen molar-refractivity contribution in [3.05, 3.63) is 17.7 Å². The molecule has 120 valence electrons.